The van der Waals surface area contributed by atoms with Crippen LogP contribution in [0, 0.1) is 6.92 Å². The molecule has 1 aromatic rings. The molecule has 0 radical (unpaired) electrons. The topological polar surface area (TPSA) is 13.7 Å². The molecule has 1 rings (SSSR count). The van der Waals surface area contributed by atoms with Gasteiger partial charge in [-0.15, -0.1) is 23.2 Å². The number of ether oxygens (including phenoxy) is 1. The lowest BCUT2D eigenvalue weighted by molar-refractivity contribution is -0.909. The number of rotatable bonds is 8. The fraction of sp³-hybridized carbons (Fsp3) is 0.571. The highest BCUT2D eigenvalue weighted by molar-refractivity contribution is 6.18. The first kappa shape index (κ1) is 15.6. The van der Waals surface area contributed by atoms with Crippen LogP contribution in [0.2, 0.25) is 0 Å². The van der Waals surface area contributed by atoms with Crippen LogP contribution in [-0.2, 0) is 6.54 Å². The molecule has 0 fully saturated rings. The van der Waals surface area contributed by atoms with Crippen LogP contribution in [0.25, 0.3) is 0 Å². The summed E-state index contributed by atoms with van der Waals surface area (Å²) in [7, 11) is 0. The largest absolute Gasteiger partial charge is 0.493 e. The van der Waals surface area contributed by atoms with E-state index in [1.165, 1.54) is 16.0 Å². The van der Waals surface area contributed by atoms with Gasteiger partial charge in [0.15, 0.2) is 0 Å². The second-order valence-electron chi connectivity index (χ2n) is 4.35. The number of aryl methyl sites for hydroxylation is 1. The zero-order valence-electron chi connectivity index (χ0n) is 11.1. The van der Waals surface area contributed by atoms with E-state index < -0.39 is 0 Å². The van der Waals surface area contributed by atoms with Gasteiger partial charge < -0.3 is 9.64 Å². The van der Waals surface area contributed by atoms with Crippen molar-refractivity contribution in [3.63, 3.8) is 0 Å². The summed E-state index contributed by atoms with van der Waals surface area (Å²) in [6.07, 6.45) is 0. The summed E-state index contributed by atoms with van der Waals surface area (Å²) >= 11 is 11.7. The van der Waals surface area contributed by atoms with Crippen LogP contribution in [0.5, 0.6) is 5.75 Å². The molecule has 0 amide bonds. The van der Waals surface area contributed by atoms with E-state index in [1.54, 1.807) is 0 Å². The molecular formula is C14H22Cl2NO+. The molecule has 1 N–H and O–H groups in total. The molecule has 0 aliphatic heterocycles. The Morgan fingerprint density at radius 2 is 1.83 bits per heavy atom. The van der Waals surface area contributed by atoms with Crippen molar-refractivity contribution in [3.05, 3.63) is 29.3 Å². The monoisotopic (exact) mass is 290 g/mol. The van der Waals surface area contributed by atoms with E-state index in [1.807, 2.05) is 13.0 Å². The van der Waals surface area contributed by atoms with Crippen molar-refractivity contribution >= 4 is 23.2 Å². The van der Waals surface area contributed by atoms with Gasteiger partial charge in [0.25, 0.3) is 0 Å². The number of hydrogen-bond acceptors (Lipinski definition) is 1. The highest BCUT2D eigenvalue weighted by Crippen LogP contribution is 2.19. The molecule has 0 spiro atoms. The van der Waals surface area contributed by atoms with Crippen LogP contribution in [0.3, 0.4) is 0 Å². The third-order valence-electron chi connectivity index (χ3n) is 2.85. The Labute approximate surface area is 120 Å². The van der Waals surface area contributed by atoms with Gasteiger partial charge >= 0.3 is 0 Å². The van der Waals surface area contributed by atoms with E-state index in [2.05, 4.69) is 19.1 Å². The van der Waals surface area contributed by atoms with Gasteiger partial charge in [-0.3, -0.25) is 0 Å². The summed E-state index contributed by atoms with van der Waals surface area (Å²) in [5, 5.41) is 0. The molecular weight excluding hydrogens is 269 g/mol. The smallest absolute Gasteiger partial charge is 0.128 e. The van der Waals surface area contributed by atoms with Gasteiger partial charge in [-0.25, -0.2) is 0 Å². The molecule has 102 valence electrons. The van der Waals surface area contributed by atoms with Crippen LogP contribution in [0.15, 0.2) is 18.2 Å². The van der Waals surface area contributed by atoms with E-state index in [-0.39, 0.29) is 0 Å². The van der Waals surface area contributed by atoms with Crippen LogP contribution in [0.4, 0.5) is 0 Å². The van der Waals surface area contributed by atoms with Crippen LogP contribution >= 0.6 is 23.2 Å². The Morgan fingerprint density at radius 3 is 2.39 bits per heavy atom. The van der Waals surface area contributed by atoms with Crippen molar-refractivity contribution < 1.29 is 9.64 Å². The van der Waals surface area contributed by atoms with Crippen molar-refractivity contribution in [2.45, 2.75) is 20.4 Å². The molecule has 18 heavy (non-hydrogen) atoms. The lowest BCUT2D eigenvalue weighted by atomic mass is 10.1. The van der Waals surface area contributed by atoms with E-state index in [0.717, 1.165) is 25.4 Å². The number of halogens is 2. The average Bonchev–Trinajstić information content (AvgIpc) is 2.33. The molecule has 0 aliphatic rings. The van der Waals surface area contributed by atoms with Crippen LogP contribution < -0.4 is 9.64 Å². The lowest BCUT2D eigenvalue weighted by Gasteiger charge is -2.19. The van der Waals surface area contributed by atoms with Gasteiger partial charge in [0.2, 0.25) is 0 Å². The normalized spacial score (nSPS) is 10.9. The number of benzene rings is 1. The fourth-order valence-corrected chi connectivity index (χ4v) is 2.52. The summed E-state index contributed by atoms with van der Waals surface area (Å²) in [5.74, 6) is 2.29. The van der Waals surface area contributed by atoms with Gasteiger partial charge in [0.1, 0.15) is 12.3 Å². The standard InChI is InChI=1S/C14H21Cl2NO/c1-3-18-14-5-4-12(2)10-13(14)11-17(8-6-15)9-7-16/h4-5,10H,3,6-9,11H2,1-2H3/p+1. The molecule has 0 aromatic heterocycles. The first-order valence-corrected chi connectivity index (χ1v) is 7.46. The fourth-order valence-electron chi connectivity index (χ4n) is 1.98. The first-order chi connectivity index (χ1) is 8.71. The minimum absolute atomic E-state index is 0.655. The number of quaternary nitrogens is 1. The number of alkyl halides is 2. The number of nitrogens with one attached hydrogen (secondary N) is 1. The predicted octanol–water partition coefficient (Wildman–Crippen LogP) is 2.26. The highest BCUT2D eigenvalue weighted by atomic mass is 35.5. The predicted molar refractivity (Wildman–Crippen MR) is 78.2 cm³/mol. The Balaban J connectivity index is 2.81. The quantitative estimate of drug-likeness (QED) is 0.725. The van der Waals surface area contributed by atoms with Gasteiger partial charge in [0, 0.05) is 5.56 Å². The Kier molecular flexibility index (Phi) is 7.48. The van der Waals surface area contributed by atoms with Crippen molar-refractivity contribution in [3.8, 4) is 5.75 Å². The Hall–Kier alpha value is -0.440. The molecule has 0 heterocycles. The molecule has 0 saturated heterocycles. The molecule has 0 aliphatic carbocycles. The summed E-state index contributed by atoms with van der Waals surface area (Å²) in [4.78, 5) is 1.39. The number of hydrogen-bond donors (Lipinski definition) is 1. The van der Waals surface area contributed by atoms with Crippen molar-refractivity contribution in [2.24, 2.45) is 0 Å². The maximum atomic E-state index is 5.84. The molecule has 0 saturated carbocycles. The Bertz CT molecular complexity index is 352. The SMILES string of the molecule is CCOc1ccc(C)cc1C[NH+](CCCl)CCCl. The lowest BCUT2D eigenvalue weighted by Crippen LogP contribution is -3.11. The van der Waals surface area contributed by atoms with Crippen LogP contribution in [-0.4, -0.2) is 31.5 Å². The van der Waals surface area contributed by atoms with E-state index in [0.29, 0.717) is 18.4 Å². The average molecular weight is 291 g/mol. The zero-order chi connectivity index (χ0) is 13.4. The minimum atomic E-state index is 0.655. The molecule has 2 nitrogen and oxygen atoms in total. The minimum Gasteiger partial charge on any atom is -0.493 e. The highest BCUT2D eigenvalue weighted by Gasteiger charge is 2.12. The Morgan fingerprint density at radius 1 is 1.17 bits per heavy atom. The molecule has 0 atom stereocenters. The van der Waals surface area contributed by atoms with Gasteiger partial charge in [-0.2, -0.15) is 0 Å². The van der Waals surface area contributed by atoms with Gasteiger partial charge in [-0.05, 0) is 26.0 Å². The summed E-state index contributed by atoms with van der Waals surface area (Å²) in [6, 6.07) is 6.32. The van der Waals surface area contributed by atoms with Gasteiger partial charge in [0.05, 0.1) is 31.5 Å². The van der Waals surface area contributed by atoms with Crippen molar-refractivity contribution in [1.29, 1.82) is 0 Å². The van der Waals surface area contributed by atoms with E-state index in [4.69, 9.17) is 27.9 Å². The second-order valence-corrected chi connectivity index (χ2v) is 5.10. The summed E-state index contributed by atoms with van der Waals surface area (Å²) < 4.78 is 5.67. The van der Waals surface area contributed by atoms with Crippen LogP contribution in [0.1, 0.15) is 18.1 Å². The zero-order valence-corrected chi connectivity index (χ0v) is 12.7. The van der Waals surface area contributed by atoms with E-state index in [9.17, 15) is 0 Å². The van der Waals surface area contributed by atoms with Crippen molar-refractivity contribution in [2.75, 3.05) is 31.5 Å². The summed E-state index contributed by atoms with van der Waals surface area (Å²) in [6.45, 7) is 7.56. The third kappa shape index (κ3) is 5.05. The molecule has 0 unspecified atom stereocenters. The third-order valence-corrected chi connectivity index (χ3v) is 3.23. The van der Waals surface area contributed by atoms with E-state index >= 15 is 0 Å². The van der Waals surface area contributed by atoms with Crippen molar-refractivity contribution in [1.82, 2.24) is 0 Å². The molecule has 1 aromatic carbocycles. The molecule has 0 bridgehead atoms. The second kappa shape index (κ2) is 8.63. The summed E-state index contributed by atoms with van der Waals surface area (Å²) in [5.41, 5.74) is 2.49. The maximum absolute atomic E-state index is 5.84. The van der Waals surface area contributed by atoms with Gasteiger partial charge in [-0.1, -0.05) is 11.6 Å². The maximum Gasteiger partial charge on any atom is 0.128 e. The molecule has 4 heteroatoms. The first-order valence-electron chi connectivity index (χ1n) is 6.39.